The lowest BCUT2D eigenvalue weighted by Crippen LogP contribution is -2.00. The molecule has 5 heteroatoms. The first kappa shape index (κ1) is 17.7. The molecule has 134 valence electrons. The van der Waals surface area contributed by atoms with Crippen molar-refractivity contribution in [3.63, 3.8) is 0 Å². The number of benzene rings is 2. The Hall–Kier alpha value is -2.67. The van der Waals surface area contributed by atoms with Crippen molar-refractivity contribution in [1.29, 1.82) is 0 Å². The molecule has 0 saturated heterocycles. The van der Waals surface area contributed by atoms with E-state index in [2.05, 4.69) is 92.9 Å². The zero-order chi connectivity index (χ0) is 18.8. The van der Waals surface area contributed by atoms with Crippen molar-refractivity contribution in [3.8, 4) is 5.69 Å². The summed E-state index contributed by atoms with van der Waals surface area (Å²) in [4.78, 5) is 4.58. The molecule has 0 saturated carbocycles. The van der Waals surface area contributed by atoms with Crippen LogP contribution >= 0.6 is 22.6 Å². The largest absolute Gasteiger partial charge is 0.318 e. The van der Waals surface area contributed by atoms with E-state index in [9.17, 15) is 0 Å². The van der Waals surface area contributed by atoms with Crippen molar-refractivity contribution < 1.29 is 0 Å². The summed E-state index contributed by atoms with van der Waals surface area (Å²) in [5.41, 5.74) is 8.57. The average Bonchev–Trinajstić information content (AvgIpc) is 2.96. The molecule has 0 spiro atoms. The van der Waals surface area contributed by atoms with Gasteiger partial charge in [0, 0.05) is 31.6 Å². The molecule has 1 N–H and O–H groups in total. The van der Waals surface area contributed by atoms with E-state index in [1.165, 1.54) is 9.26 Å². The number of hydrogen-bond donors (Lipinski definition) is 1. The molecule has 2 aromatic heterocycles. The number of hydrazone groups is 1. The molecule has 2 heterocycles. The second kappa shape index (κ2) is 7.52. The van der Waals surface area contributed by atoms with E-state index < -0.39 is 0 Å². The van der Waals surface area contributed by atoms with Gasteiger partial charge in [0.15, 0.2) is 0 Å². The molecule has 4 rings (SSSR count). The van der Waals surface area contributed by atoms with Gasteiger partial charge in [0.25, 0.3) is 0 Å². The number of rotatable bonds is 4. The van der Waals surface area contributed by atoms with Crippen LogP contribution in [-0.2, 0) is 0 Å². The van der Waals surface area contributed by atoms with Gasteiger partial charge < -0.3 is 4.57 Å². The van der Waals surface area contributed by atoms with Gasteiger partial charge in [0.05, 0.1) is 11.7 Å². The molecule has 4 aromatic rings. The zero-order valence-corrected chi connectivity index (χ0v) is 17.3. The molecule has 0 aliphatic carbocycles. The van der Waals surface area contributed by atoms with E-state index in [0.717, 1.165) is 33.7 Å². The number of anilines is 1. The molecule has 0 aliphatic heterocycles. The fourth-order valence-corrected chi connectivity index (χ4v) is 3.56. The van der Waals surface area contributed by atoms with E-state index in [1.807, 2.05) is 36.5 Å². The maximum absolute atomic E-state index is 4.58. The van der Waals surface area contributed by atoms with E-state index >= 15 is 0 Å². The third-order valence-corrected chi connectivity index (χ3v) is 5.26. The van der Waals surface area contributed by atoms with Crippen LogP contribution in [0.2, 0.25) is 0 Å². The van der Waals surface area contributed by atoms with Crippen molar-refractivity contribution in [2.45, 2.75) is 13.8 Å². The van der Waals surface area contributed by atoms with Gasteiger partial charge in [-0.3, -0.25) is 5.43 Å². The first-order valence-electron chi connectivity index (χ1n) is 8.71. The Labute approximate surface area is 172 Å². The van der Waals surface area contributed by atoms with Crippen LogP contribution < -0.4 is 5.43 Å². The SMILES string of the molecule is Cc1cc(/C=N/Nc2ccc3ccccc3n2)c(C)n1-c1ccc(I)cc1. The highest BCUT2D eigenvalue weighted by atomic mass is 127. The minimum atomic E-state index is 0.733. The molecule has 0 amide bonds. The predicted molar refractivity (Wildman–Crippen MR) is 121 cm³/mol. The monoisotopic (exact) mass is 466 g/mol. The minimum Gasteiger partial charge on any atom is -0.318 e. The van der Waals surface area contributed by atoms with Crippen molar-refractivity contribution in [2.24, 2.45) is 5.10 Å². The lowest BCUT2D eigenvalue weighted by Gasteiger charge is -2.09. The fourth-order valence-electron chi connectivity index (χ4n) is 3.20. The maximum Gasteiger partial charge on any atom is 0.146 e. The van der Waals surface area contributed by atoms with Gasteiger partial charge >= 0.3 is 0 Å². The summed E-state index contributed by atoms with van der Waals surface area (Å²) in [6, 6.07) is 22.7. The Bertz CT molecular complexity index is 1130. The van der Waals surface area contributed by atoms with E-state index in [-0.39, 0.29) is 0 Å². The van der Waals surface area contributed by atoms with Crippen LogP contribution in [0.4, 0.5) is 5.82 Å². The molecular formula is C22H19IN4. The van der Waals surface area contributed by atoms with Gasteiger partial charge in [-0.1, -0.05) is 18.2 Å². The highest BCUT2D eigenvalue weighted by molar-refractivity contribution is 14.1. The van der Waals surface area contributed by atoms with Crippen molar-refractivity contribution in [1.82, 2.24) is 9.55 Å². The lowest BCUT2D eigenvalue weighted by atomic mass is 10.2. The minimum absolute atomic E-state index is 0.733. The molecule has 4 nitrogen and oxygen atoms in total. The number of aromatic nitrogens is 2. The number of nitrogens with zero attached hydrogens (tertiary/aromatic N) is 3. The van der Waals surface area contributed by atoms with Crippen LogP contribution in [0.5, 0.6) is 0 Å². The van der Waals surface area contributed by atoms with Gasteiger partial charge in [0.2, 0.25) is 0 Å². The molecule has 0 radical (unpaired) electrons. The topological polar surface area (TPSA) is 42.2 Å². The molecule has 27 heavy (non-hydrogen) atoms. The highest BCUT2D eigenvalue weighted by Gasteiger charge is 2.09. The number of nitrogens with one attached hydrogen (secondary N) is 1. The van der Waals surface area contributed by atoms with Gasteiger partial charge in [-0.2, -0.15) is 5.10 Å². The normalized spacial score (nSPS) is 11.4. The van der Waals surface area contributed by atoms with Gasteiger partial charge in [-0.25, -0.2) is 4.98 Å². The number of hydrogen-bond acceptors (Lipinski definition) is 3. The summed E-state index contributed by atoms with van der Waals surface area (Å²) in [7, 11) is 0. The number of fused-ring (bicyclic) bond motifs is 1. The average molecular weight is 466 g/mol. The Morgan fingerprint density at radius 1 is 1.00 bits per heavy atom. The number of halogens is 1. The third-order valence-electron chi connectivity index (χ3n) is 4.54. The smallest absolute Gasteiger partial charge is 0.146 e. The van der Waals surface area contributed by atoms with Crippen LogP contribution in [0.25, 0.3) is 16.6 Å². The second-order valence-electron chi connectivity index (χ2n) is 6.40. The van der Waals surface area contributed by atoms with Crippen LogP contribution in [-0.4, -0.2) is 15.8 Å². The first-order valence-corrected chi connectivity index (χ1v) is 9.79. The quantitative estimate of drug-likeness (QED) is 0.239. The summed E-state index contributed by atoms with van der Waals surface area (Å²) in [6.07, 6.45) is 1.85. The van der Waals surface area contributed by atoms with Crippen LogP contribution in [0.1, 0.15) is 17.0 Å². The van der Waals surface area contributed by atoms with Crippen LogP contribution in [0, 0.1) is 17.4 Å². The maximum atomic E-state index is 4.58. The van der Waals surface area contributed by atoms with Crippen molar-refractivity contribution in [3.05, 3.63) is 87.3 Å². The first-order chi connectivity index (χ1) is 13.1. The molecule has 2 aromatic carbocycles. The Morgan fingerprint density at radius 3 is 2.59 bits per heavy atom. The zero-order valence-electron chi connectivity index (χ0n) is 15.1. The highest BCUT2D eigenvalue weighted by Crippen LogP contribution is 2.21. The predicted octanol–water partition coefficient (Wildman–Crippen LogP) is 5.69. The second-order valence-corrected chi connectivity index (χ2v) is 7.64. The third kappa shape index (κ3) is 3.73. The molecule has 0 bridgehead atoms. The standard InChI is InChI=1S/C22H19IN4/c1-15-13-18(16(2)27(15)20-10-8-19(23)9-11-20)14-24-26-22-12-7-17-5-3-4-6-21(17)25-22/h3-14H,1-2H3,(H,25,26)/b24-14+. The van der Waals surface area contributed by atoms with E-state index in [0.29, 0.717) is 0 Å². The van der Waals surface area contributed by atoms with Crippen molar-refractivity contribution >= 4 is 45.5 Å². The van der Waals surface area contributed by atoms with Gasteiger partial charge in [0.1, 0.15) is 5.82 Å². The molecule has 0 aliphatic rings. The van der Waals surface area contributed by atoms with E-state index in [1.54, 1.807) is 0 Å². The Morgan fingerprint density at radius 2 is 1.78 bits per heavy atom. The van der Waals surface area contributed by atoms with Crippen LogP contribution in [0.15, 0.2) is 71.8 Å². The van der Waals surface area contributed by atoms with E-state index in [4.69, 9.17) is 0 Å². The summed E-state index contributed by atoms with van der Waals surface area (Å²) in [6.45, 7) is 4.22. The lowest BCUT2D eigenvalue weighted by molar-refractivity contribution is 0.964. The number of pyridine rings is 1. The number of para-hydroxylation sites is 1. The van der Waals surface area contributed by atoms with Crippen LogP contribution in [0.3, 0.4) is 0 Å². The summed E-state index contributed by atoms with van der Waals surface area (Å²) in [5.74, 6) is 0.733. The molecule has 0 unspecified atom stereocenters. The molecular weight excluding hydrogens is 447 g/mol. The Balaban J connectivity index is 1.57. The van der Waals surface area contributed by atoms with Gasteiger partial charge in [-0.05, 0) is 85.0 Å². The summed E-state index contributed by atoms with van der Waals surface area (Å²) >= 11 is 2.32. The number of aryl methyl sites for hydroxylation is 1. The van der Waals surface area contributed by atoms with Crippen molar-refractivity contribution in [2.75, 3.05) is 5.43 Å². The molecule has 0 atom stereocenters. The fraction of sp³-hybridized carbons (Fsp3) is 0.0909. The van der Waals surface area contributed by atoms with Gasteiger partial charge in [-0.15, -0.1) is 0 Å². The summed E-state index contributed by atoms with van der Waals surface area (Å²) in [5, 5.41) is 5.51. The molecule has 0 fully saturated rings. The summed E-state index contributed by atoms with van der Waals surface area (Å²) < 4.78 is 3.47. The Kier molecular flexibility index (Phi) is 4.94.